The molecule has 1 aromatic heterocycles. The van der Waals surface area contributed by atoms with Crippen LogP contribution in [0.1, 0.15) is 18.4 Å². The van der Waals surface area contributed by atoms with Gasteiger partial charge in [0.1, 0.15) is 11.9 Å². The van der Waals surface area contributed by atoms with Crippen molar-refractivity contribution in [3.05, 3.63) is 23.9 Å². The van der Waals surface area contributed by atoms with Crippen molar-refractivity contribution >= 4 is 5.82 Å². The number of pyridine rings is 1. The Labute approximate surface area is 95.9 Å². The van der Waals surface area contributed by atoms with E-state index in [0.29, 0.717) is 11.6 Å². The summed E-state index contributed by atoms with van der Waals surface area (Å²) < 4.78 is 0. The van der Waals surface area contributed by atoms with E-state index in [4.69, 9.17) is 5.26 Å². The Morgan fingerprint density at radius 3 is 3.19 bits per heavy atom. The number of hydrogen-bond acceptors (Lipinski definition) is 4. The fourth-order valence-corrected chi connectivity index (χ4v) is 2.10. The first-order valence-corrected chi connectivity index (χ1v) is 5.61. The van der Waals surface area contributed by atoms with Gasteiger partial charge in [-0.15, -0.1) is 0 Å². The van der Waals surface area contributed by atoms with Gasteiger partial charge < -0.3 is 10.2 Å². The lowest BCUT2D eigenvalue weighted by Crippen LogP contribution is -2.44. The van der Waals surface area contributed by atoms with Gasteiger partial charge in [-0.2, -0.15) is 5.26 Å². The van der Waals surface area contributed by atoms with Gasteiger partial charge in [-0.1, -0.05) is 0 Å². The van der Waals surface area contributed by atoms with E-state index < -0.39 is 0 Å². The Hall–Kier alpha value is -1.60. The standard InChI is InChI=1S/C12H16N4/c1-16(11-5-3-6-14-9-11)12-10(8-13)4-2-7-15-12/h2,4,7,11,14H,3,5-6,9H2,1H3. The van der Waals surface area contributed by atoms with Crippen LogP contribution in [0.3, 0.4) is 0 Å². The minimum Gasteiger partial charge on any atom is -0.354 e. The third-order valence-corrected chi connectivity index (χ3v) is 3.06. The Bertz CT molecular complexity index is 390. The molecule has 1 N–H and O–H groups in total. The normalized spacial score (nSPS) is 20.1. The molecule has 1 saturated heterocycles. The molecule has 16 heavy (non-hydrogen) atoms. The van der Waals surface area contributed by atoms with E-state index in [1.54, 1.807) is 12.3 Å². The van der Waals surface area contributed by atoms with E-state index in [9.17, 15) is 0 Å². The lowest BCUT2D eigenvalue weighted by Gasteiger charge is -2.32. The van der Waals surface area contributed by atoms with Crippen LogP contribution in [-0.2, 0) is 0 Å². The van der Waals surface area contributed by atoms with Gasteiger partial charge in [-0.25, -0.2) is 4.98 Å². The van der Waals surface area contributed by atoms with Crippen LogP contribution < -0.4 is 10.2 Å². The summed E-state index contributed by atoms with van der Waals surface area (Å²) >= 11 is 0. The Morgan fingerprint density at radius 1 is 1.62 bits per heavy atom. The molecule has 84 valence electrons. The highest BCUT2D eigenvalue weighted by molar-refractivity contribution is 5.53. The zero-order chi connectivity index (χ0) is 11.4. The van der Waals surface area contributed by atoms with E-state index in [2.05, 4.69) is 21.3 Å². The second-order valence-electron chi connectivity index (χ2n) is 4.10. The minimum atomic E-state index is 0.441. The average Bonchev–Trinajstić information content (AvgIpc) is 2.39. The Morgan fingerprint density at radius 2 is 2.50 bits per heavy atom. The van der Waals surface area contributed by atoms with Crippen LogP contribution >= 0.6 is 0 Å². The number of nitriles is 1. The smallest absolute Gasteiger partial charge is 0.146 e. The van der Waals surface area contributed by atoms with Gasteiger partial charge in [0, 0.05) is 25.8 Å². The molecule has 1 aromatic rings. The van der Waals surface area contributed by atoms with E-state index in [0.717, 1.165) is 25.3 Å². The second kappa shape index (κ2) is 4.95. The van der Waals surface area contributed by atoms with E-state index in [1.807, 2.05) is 13.1 Å². The second-order valence-corrected chi connectivity index (χ2v) is 4.10. The third kappa shape index (κ3) is 2.15. The molecular formula is C12H16N4. The largest absolute Gasteiger partial charge is 0.354 e. The monoisotopic (exact) mass is 216 g/mol. The molecular weight excluding hydrogens is 200 g/mol. The van der Waals surface area contributed by atoms with Crippen LogP contribution in [0.4, 0.5) is 5.82 Å². The maximum Gasteiger partial charge on any atom is 0.146 e. The van der Waals surface area contributed by atoms with E-state index >= 15 is 0 Å². The molecule has 0 saturated carbocycles. The maximum absolute atomic E-state index is 9.03. The first-order chi connectivity index (χ1) is 7.83. The van der Waals surface area contributed by atoms with Crippen LogP contribution in [0.25, 0.3) is 0 Å². The number of nitrogens with zero attached hydrogens (tertiary/aromatic N) is 3. The predicted molar refractivity (Wildman–Crippen MR) is 63.2 cm³/mol. The number of aromatic nitrogens is 1. The zero-order valence-corrected chi connectivity index (χ0v) is 9.48. The number of anilines is 1. The summed E-state index contributed by atoms with van der Waals surface area (Å²) in [4.78, 5) is 6.42. The van der Waals surface area contributed by atoms with Crippen molar-refractivity contribution < 1.29 is 0 Å². The highest BCUT2D eigenvalue weighted by Crippen LogP contribution is 2.19. The van der Waals surface area contributed by atoms with Crippen LogP contribution in [0.5, 0.6) is 0 Å². The quantitative estimate of drug-likeness (QED) is 0.805. The first-order valence-electron chi connectivity index (χ1n) is 5.61. The van der Waals surface area contributed by atoms with Crippen molar-refractivity contribution in [2.45, 2.75) is 18.9 Å². The molecule has 0 spiro atoms. The molecule has 0 aromatic carbocycles. The summed E-state index contributed by atoms with van der Waals surface area (Å²) in [7, 11) is 2.01. The van der Waals surface area contributed by atoms with Crippen molar-refractivity contribution in [1.82, 2.24) is 10.3 Å². The topological polar surface area (TPSA) is 52.0 Å². The molecule has 1 aliphatic rings. The fraction of sp³-hybridized carbons (Fsp3) is 0.500. The van der Waals surface area contributed by atoms with Gasteiger partial charge in [0.25, 0.3) is 0 Å². The molecule has 0 bridgehead atoms. The van der Waals surface area contributed by atoms with Gasteiger partial charge in [0.05, 0.1) is 5.56 Å². The Kier molecular flexibility index (Phi) is 3.37. The molecule has 1 unspecified atom stereocenters. The summed E-state index contributed by atoms with van der Waals surface area (Å²) in [6.07, 6.45) is 4.08. The third-order valence-electron chi connectivity index (χ3n) is 3.06. The lowest BCUT2D eigenvalue weighted by atomic mass is 10.1. The lowest BCUT2D eigenvalue weighted by molar-refractivity contribution is 0.443. The summed E-state index contributed by atoms with van der Waals surface area (Å²) in [6.45, 7) is 2.07. The molecule has 2 heterocycles. The predicted octanol–water partition coefficient (Wildman–Crippen LogP) is 1.14. The molecule has 1 fully saturated rings. The van der Waals surface area contributed by atoms with Crippen molar-refractivity contribution in [3.63, 3.8) is 0 Å². The molecule has 1 aliphatic heterocycles. The molecule has 0 radical (unpaired) electrons. The van der Waals surface area contributed by atoms with Gasteiger partial charge in [-0.3, -0.25) is 0 Å². The van der Waals surface area contributed by atoms with Crippen molar-refractivity contribution in [3.8, 4) is 6.07 Å². The number of piperidine rings is 1. The number of hydrogen-bond donors (Lipinski definition) is 1. The van der Waals surface area contributed by atoms with Crippen molar-refractivity contribution in [2.24, 2.45) is 0 Å². The molecule has 4 heteroatoms. The van der Waals surface area contributed by atoms with E-state index in [1.165, 1.54) is 6.42 Å². The highest BCUT2D eigenvalue weighted by Gasteiger charge is 2.20. The summed E-state index contributed by atoms with van der Waals surface area (Å²) in [5.41, 5.74) is 0.649. The first kappa shape index (κ1) is 10.9. The van der Waals surface area contributed by atoms with Crippen LogP contribution in [0.2, 0.25) is 0 Å². The van der Waals surface area contributed by atoms with Crippen molar-refractivity contribution in [1.29, 1.82) is 5.26 Å². The number of nitrogens with one attached hydrogen (secondary N) is 1. The SMILES string of the molecule is CN(c1ncccc1C#N)C1CCCNC1. The zero-order valence-electron chi connectivity index (χ0n) is 9.48. The number of rotatable bonds is 2. The van der Waals surface area contributed by atoms with Gasteiger partial charge >= 0.3 is 0 Å². The van der Waals surface area contributed by atoms with Gasteiger partial charge in [0.2, 0.25) is 0 Å². The average molecular weight is 216 g/mol. The van der Waals surface area contributed by atoms with Crippen molar-refractivity contribution in [2.75, 3.05) is 25.0 Å². The minimum absolute atomic E-state index is 0.441. The van der Waals surface area contributed by atoms with Gasteiger partial charge in [-0.05, 0) is 31.5 Å². The summed E-state index contributed by atoms with van der Waals surface area (Å²) in [5.74, 6) is 0.790. The molecule has 0 amide bonds. The number of likely N-dealkylation sites (N-methyl/N-ethyl adjacent to an activating group) is 1. The van der Waals surface area contributed by atoms with E-state index in [-0.39, 0.29) is 0 Å². The molecule has 0 aliphatic carbocycles. The fourth-order valence-electron chi connectivity index (χ4n) is 2.10. The maximum atomic E-state index is 9.03. The van der Waals surface area contributed by atoms with Crippen LogP contribution in [-0.4, -0.2) is 31.2 Å². The van der Waals surface area contributed by atoms with Crippen LogP contribution in [0, 0.1) is 11.3 Å². The molecule has 4 nitrogen and oxygen atoms in total. The summed E-state index contributed by atoms with van der Waals surface area (Å²) in [5, 5.41) is 12.4. The molecule has 2 rings (SSSR count). The Balaban J connectivity index is 2.19. The molecule has 1 atom stereocenters. The van der Waals surface area contributed by atoms with Gasteiger partial charge in [0.15, 0.2) is 0 Å². The summed E-state index contributed by atoms with van der Waals surface area (Å²) in [6, 6.07) is 6.25. The van der Waals surface area contributed by atoms with Crippen LogP contribution in [0.15, 0.2) is 18.3 Å². The highest BCUT2D eigenvalue weighted by atomic mass is 15.2.